The maximum atomic E-state index is 13.0. The number of hydrogen-bond acceptors (Lipinski definition) is 3. The van der Waals surface area contributed by atoms with Gasteiger partial charge in [0, 0.05) is 36.1 Å². The molecule has 0 saturated carbocycles. The van der Waals surface area contributed by atoms with E-state index < -0.39 is 0 Å². The van der Waals surface area contributed by atoms with E-state index in [4.69, 9.17) is 0 Å². The third-order valence-electron chi connectivity index (χ3n) is 5.51. The number of para-hydroxylation sites is 1. The van der Waals surface area contributed by atoms with Gasteiger partial charge in [-0.2, -0.15) is 0 Å². The number of likely N-dealkylation sites (tertiary alicyclic amines) is 1. The summed E-state index contributed by atoms with van der Waals surface area (Å²) in [6, 6.07) is 12.9. The molecule has 1 aromatic carbocycles. The smallest absolute Gasteiger partial charge is 0.254 e. The summed E-state index contributed by atoms with van der Waals surface area (Å²) in [5, 5.41) is 0. The summed E-state index contributed by atoms with van der Waals surface area (Å²) in [6.45, 7) is 5.22. The lowest BCUT2D eigenvalue weighted by atomic mass is 10.0. The highest BCUT2D eigenvalue weighted by Crippen LogP contribution is 2.37. The van der Waals surface area contributed by atoms with E-state index >= 15 is 0 Å². The Bertz CT molecular complexity index is 788. The Kier molecular flexibility index (Phi) is 4.20. The van der Waals surface area contributed by atoms with Crippen LogP contribution in [0.2, 0.25) is 0 Å². The summed E-state index contributed by atoms with van der Waals surface area (Å²) >= 11 is 0. The predicted molar refractivity (Wildman–Crippen MR) is 100 cm³/mol. The number of aromatic nitrogens is 1. The zero-order valence-corrected chi connectivity index (χ0v) is 15.0. The van der Waals surface area contributed by atoms with Gasteiger partial charge < -0.3 is 9.80 Å². The number of hydrogen-bond donors (Lipinski definition) is 0. The van der Waals surface area contributed by atoms with Crippen LogP contribution in [-0.4, -0.2) is 34.4 Å². The number of benzene rings is 1. The van der Waals surface area contributed by atoms with E-state index in [-0.39, 0.29) is 5.91 Å². The first-order chi connectivity index (χ1) is 12.1. The molecule has 0 radical (unpaired) electrons. The quantitative estimate of drug-likeness (QED) is 0.826. The van der Waals surface area contributed by atoms with Crippen molar-refractivity contribution in [3.8, 4) is 0 Å². The van der Waals surface area contributed by atoms with Gasteiger partial charge in [-0.15, -0.1) is 0 Å². The summed E-state index contributed by atoms with van der Waals surface area (Å²) in [7, 11) is 0. The lowest BCUT2D eigenvalue weighted by Gasteiger charge is -2.33. The second-order valence-corrected chi connectivity index (χ2v) is 7.30. The lowest BCUT2D eigenvalue weighted by molar-refractivity contribution is 0.0635. The molecule has 2 aliphatic rings. The molecule has 25 heavy (non-hydrogen) atoms. The Morgan fingerprint density at radius 1 is 1.12 bits per heavy atom. The maximum absolute atomic E-state index is 13.0. The number of piperidine rings is 1. The highest BCUT2D eigenvalue weighted by Gasteiger charge is 2.29. The monoisotopic (exact) mass is 335 g/mol. The highest BCUT2D eigenvalue weighted by atomic mass is 16.2. The molecule has 1 fully saturated rings. The SMILES string of the molecule is CC1CCCCN1C(=O)c1ccnc(N2c3ccccc3CC2C)c1. The minimum Gasteiger partial charge on any atom is -0.336 e. The first kappa shape index (κ1) is 16.1. The zero-order chi connectivity index (χ0) is 17.4. The molecule has 130 valence electrons. The predicted octanol–water partition coefficient (Wildman–Crippen LogP) is 4.18. The van der Waals surface area contributed by atoms with Crippen LogP contribution < -0.4 is 4.90 Å². The van der Waals surface area contributed by atoms with Crippen LogP contribution in [0.25, 0.3) is 0 Å². The normalized spacial score (nSPS) is 22.8. The molecule has 2 atom stereocenters. The average molecular weight is 335 g/mol. The number of nitrogens with zero attached hydrogens (tertiary/aromatic N) is 3. The van der Waals surface area contributed by atoms with Crippen LogP contribution in [0.15, 0.2) is 42.6 Å². The minimum absolute atomic E-state index is 0.135. The van der Waals surface area contributed by atoms with Gasteiger partial charge in [-0.05, 0) is 63.3 Å². The van der Waals surface area contributed by atoms with Crippen molar-refractivity contribution in [2.24, 2.45) is 0 Å². The van der Waals surface area contributed by atoms with Crippen LogP contribution >= 0.6 is 0 Å². The third kappa shape index (κ3) is 2.90. The molecule has 3 heterocycles. The standard InChI is InChI=1S/C21H25N3O/c1-15-7-5-6-12-23(15)21(25)18-10-11-22-20(14-18)24-16(2)13-17-8-3-4-9-19(17)24/h3-4,8-11,14-16H,5-7,12-13H2,1-2H3. The molecular weight excluding hydrogens is 310 g/mol. The average Bonchev–Trinajstić information content (AvgIpc) is 2.97. The van der Waals surface area contributed by atoms with Crippen molar-refractivity contribution in [1.82, 2.24) is 9.88 Å². The van der Waals surface area contributed by atoms with Gasteiger partial charge >= 0.3 is 0 Å². The van der Waals surface area contributed by atoms with Crippen molar-refractivity contribution >= 4 is 17.4 Å². The molecule has 4 rings (SSSR count). The summed E-state index contributed by atoms with van der Waals surface area (Å²) in [5.41, 5.74) is 3.30. The van der Waals surface area contributed by atoms with E-state index in [0.29, 0.717) is 12.1 Å². The second-order valence-electron chi connectivity index (χ2n) is 7.30. The molecule has 4 nitrogen and oxygen atoms in total. The Balaban J connectivity index is 1.65. The summed E-state index contributed by atoms with van der Waals surface area (Å²) in [5.74, 6) is 1.00. The van der Waals surface area contributed by atoms with Crippen LogP contribution in [0, 0.1) is 0 Å². The number of anilines is 2. The van der Waals surface area contributed by atoms with Crippen LogP contribution in [-0.2, 0) is 6.42 Å². The Labute approximate surface area is 149 Å². The van der Waals surface area contributed by atoms with Crippen LogP contribution in [0.5, 0.6) is 0 Å². The number of carbonyl (C=O) groups is 1. The van der Waals surface area contributed by atoms with Gasteiger partial charge in [0.1, 0.15) is 5.82 Å². The van der Waals surface area contributed by atoms with Crippen LogP contribution in [0.3, 0.4) is 0 Å². The second kappa shape index (κ2) is 6.51. The molecule has 4 heteroatoms. The Hall–Kier alpha value is -2.36. The Morgan fingerprint density at radius 3 is 2.80 bits per heavy atom. The first-order valence-electron chi connectivity index (χ1n) is 9.29. The molecule has 1 saturated heterocycles. The van der Waals surface area contributed by atoms with Crippen molar-refractivity contribution in [3.05, 3.63) is 53.7 Å². The fourth-order valence-corrected chi connectivity index (χ4v) is 4.16. The molecule has 0 spiro atoms. The third-order valence-corrected chi connectivity index (χ3v) is 5.51. The first-order valence-corrected chi connectivity index (χ1v) is 9.29. The minimum atomic E-state index is 0.135. The number of rotatable bonds is 2. The molecular formula is C21H25N3O. The Morgan fingerprint density at radius 2 is 1.96 bits per heavy atom. The molecule has 0 N–H and O–H groups in total. The summed E-state index contributed by atoms with van der Waals surface area (Å²) in [6.07, 6.45) is 6.20. The summed E-state index contributed by atoms with van der Waals surface area (Å²) in [4.78, 5) is 21.8. The molecule has 1 amide bonds. The van der Waals surface area contributed by atoms with Crippen molar-refractivity contribution in [3.63, 3.8) is 0 Å². The van der Waals surface area contributed by atoms with Gasteiger partial charge in [0.15, 0.2) is 0 Å². The maximum Gasteiger partial charge on any atom is 0.254 e. The zero-order valence-electron chi connectivity index (χ0n) is 15.0. The number of amides is 1. The molecule has 0 aliphatic carbocycles. The lowest BCUT2D eigenvalue weighted by Crippen LogP contribution is -2.42. The van der Waals surface area contributed by atoms with Crippen molar-refractivity contribution in [2.45, 2.75) is 51.6 Å². The van der Waals surface area contributed by atoms with Gasteiger partial charge in [-0.25, -0.2) is 4.98 Å². The van der Waals surface area contributed by atoms with E-state index in [2.05, 4.69) is 48.0 Å². The molecule has 2 aromatic rings. The highest BCUT2D eigenvalue weighted by molar-refractivity contribution is 5.95. The molecule has 2 unspecified atom stereocenters. The van der Waals surface area contributed by atoms with E-state index in [1.807, 2.05) is 17.0 Å². The van der Waals surface area contributed by atoms with E-state index in [1.165, 1.54) is 17.7 Å². The van der Waals surface area contributed by atoms with Crippen molar-refractivity contribution < 1.29 is 4.79 Å². The summed E-state index contributed by atoms with van der Waals surface area (Å²) < 4.78 is 0. The van der Waals surface area contributed by atoms with Gasteiger partial charge in [-0.3, -0.25) is 4.79 Å². The number of fused-ring (bicyclic) bond motifs is 1. The van der Waals surface area contributed by atoms with Crippen molar-refractivity contribution in [1.29, 1.82) is 0 Å². The van der Waals surface area contributed by atoms with Crippen LogP contribution in [0.1, 0.15) is 49.0 Å². The van der Waals surface area contributed by atoms with Crippen LogP contribution in [0.4, 0.5) is 11.5 Å². The van der Waals surface area contributed by atoms with Crippen molar-refractivity contribution in [2.75, 3.05) is 11.4 Å². The van der Waals surface area contributed by atoms with Gasteiger partial charge in [0.2, 0.25) is 0 Å². The largest absolute Gasteiger partial charge is 0.336 e. The molecule has 1 aromatic heterocycles. The number of pyridine rings is 1. The number of carbonyl (C=O) groups excluding carboxylic acids is 1. The molecule has 2 aliphatic heterocycles. The van der Waals surface area contributed by atoms with Gasteiger partial charge in [0.25, 0.3) is 5.91 Å². The molecule has 0 bridgehead atoms. The van der Waals surface area contributed by atoms with Gasteiger partial charge in [-0.1, -0.05) is 18.2 Å². The van der Waals surface area contributed by atoms with E-state index in [1.54, 1.807) is 6.20 Å². The fourth-order valence-electron chi connectivity index (χ4n) is 4.16. The van der Waals surface area contributed by atoms with E-state index in [9.17, 15) is 4.79 Å². The van der Waals surface area contributed by atoms with E-state index in [0.717, 1.165) is 37.2 Å². The fraction of sp³-hybridized carbons (Fsp3) is 0.429. The topological polar surface area (TPSA) is 36.4 Å². The van der Waals surface area contributed by atoms with Gasteiger partial charge in [0.05, 0.1) is 0 Å².